The molecule has 0 amide bonds. The number of rotatable bonds is 4. The highest BCUT2D eigenvalue weighted by Gasteiger charge is 2.25. The fraction of sp³-hybridized carbons (Fsp3) is 0.667. The maximum atomic E-state index is 3.45. The van der Waals surface area contributed by atoms with Gasteiger partial charge in [0.1, 0.15) is 0 Å². The fourth-order valence-electron chi connectivity index (χ4n) is 2.46. The van der Waals surface area contributed by atoms with Gasteiger partial charge in [-0.1, -0.05) is 13.0 Å². The Labute approximate surface area is 96.3 Å². The molecule has 1 aromatic heterocycles. The summed E-state index contributed by atoms with van der Waals surface area (Å²) in [5.41, 5.74) is 0. The standard InChI is InChI=1S/C12H20N2S/c1-3-14(11-6-7-13-9-11)10(2)12-5-4-8-15-12/h4-5,8,10-11,13H,3,6-7,9H2,1-2H3. The molecule has 2 nitrogen and oxygen atoms in total. The fourth-order valence-corrected chi connectivity index (χ4v) is 3.27. The van der Waals surface area contributed by atoms with Gasteiger partial charge >= 0.3 is 0 Å². The van der Waals surface area contributed by atoms with Crippen LogP contribution in [-0.4, -0.2) is 30.6 Å². The van der Waals surface area contributed by atoms with Gasteiger partial charge in [0, 0.05) is 23.5 Å². The van der Waals surface area contributed by atoms with Gasteiger partial charge in [-0.05, 0) is 37.9 Å². The molecular formula is C12H20N2S. The van der Waals surface area contributed by atoms with E-state index in [0.717, 1.165) is 19.1 Å². The molecule has 1 fully saturated rings. The molecule has 0 bridgehead atoms. The Morgan fingerprint density at radius 3 is 3.07 bits per heavy atom. The van der Waals surface area contributed by atoms with E-state index in [0.29, 0.717) is 6.04 Å². The van der Waals surface area contributed by atoms with E-state index in [9.17, 15) is 0 Å². The predicted octanol–water partition coefficient (Wildman–Crippen LogP) is 2.49. The lowest BCUT2D eigenvalue weighted by Gasteiger charge is -2.32. The van der Waals surface area contributed by atoms with Crippen molar-refractivity contribution in [3.05, 3.63) is 22.4 Å². The molecular weight excluding hydrogens is 204 g/mol. The van der Waals surface area contributed by atoms with Crippen LogP contribution >= 0.6 is 11.3 Å². The van der Waals surface area contributed by atoms with Gasteiger partial charge in [0.05, 0.1) is 0 Å². The first-order chi connectivity index (χ1) is 7.33. The quantitative estimate of drug-likeness (QED) is 0.845. The number of likely N-dealkylation sites (N-methyl/N-ethyl adjacent to an activating group) is 1. The van der Waals surface area contributed by atoms with Crippen LogP contribution in [0.5, 0.6) is 0 Å². The van der Waals surface area contributed by atoms with Crippen molar-refractivity contribution in [3.8, 4) is 0 Å². The molecule has 84 valence electrons. The summed E-state index contributed by atoms with van der Waals surface area (Å²) in [5, 5.41) is 5.62. The summed E-state index contributed by atoms with van der Waals surface area (Å²) >= 11 is 1.87. The van der Waals surface area contributed by atoms with Crippen molar-refractivity contribution in [3.63, 3.8) is 0 Å². The van der Waals surface area contributed by atoms with Crippen molar-refractivity contribution in [2.75, 3.05) is 19.6 Å². The van der Waals surface area contributed by atoms with Gasteiger partial charge in [0.25, 0.3) is 0 Å². The average molecular weight is 224 g/mol. The number of hydrogen-bond donors (Lipinski definition) is 1. The Balaban J connectivity index is 2.05. The molecule has 0 radical (unpaired) electrons. The maximum Gasteiger partial charge on any atom is 0.0416 e. The monoisotopic (exact) mass is 224 g/mol. The maximum absolute atomic E-state index is 3.45. The van der Waals surface area contributed by atoms with Gasteiger partial charge in [-0.2, -0.15) is 0 Å². The number of nitrogens with zero attached hydrogens (tertiary/aromatic N) is 1. The summed E-state index contributed by atoms with van der Waals surface area (Å²) < 4.78 is 0. The second-order valence-electron chi connectivity index (χ2n) is 4.17. The Kier molecular flexibility index (Phi) is 3.78. The van der Waals surface area contributed by atoms with Crippen molar-refractivity contribution in [1.82, 2.24) is 10.2 Å². The third-order valence-electron chi connectivity index (χ3n) is 3.32. The first-order valence-electron chi connectivity index (χ1n) is 5.82. The molecule has 2 unspecified atom stereocenters. The summed E-state index contributed by atoms with van der Waals surface area (Å²) in [6, 6.07) is 5.70. The Morgan fingerprint density at radius 2 is 2.53 bits per heavy atom. The average Bonchev–Trinajstić information content (AvgIpc) is 2.91. The summed E-state index contributed by atoms with van der Waals surface area (Å²) in [5.74, 6) is 0. The third-order valence-corrected chi connectivity index (χ3v) is 4.36. The summed E-state index contributed by atoms with van der Waals surface area (Å²) in [4.78, 5) is 4.11. The largest absolute Gasteiger partial charge is 0.315 e. The van der Waals surface area contributed by atoms with Crippen LogP contribution in [0.3, 0.4) is 0 Å². The number of thiophene rings is 1. The van der Waals surface area contributed by atoms with Crippen LogP contribution in [0.4, 0.5) is 0 Å². The lowest BCUT2D eigenvalue weighted by Crippen LogP contribution is -2.38. The number of nitrogens with one attached hydrogen (secondary N) is 1. The van der Waals surface area contributed by atoms with Crippen LogP contribution in [0.15, 0.2) is 17.5 Å². The first-order valence-corrected chi connectivity index (χ1v) is 6.70. The van der Waals surface area contributed by atoms with Crippen LogP contribution < -0.4 is 5.32 Å². The van der Waals surface area contributed by atoms with Crippen LogP contribution in [0.1, 0.15) is 31.2 Å². The van der Waals surface area contributed by atoms with Gasteiger partial charge in [0.2, 0.25) is 0 Å². The second kappa shape index (κ2) is 5.10. The van der Waals surface area contributed by atoms with Gasteiger partial charge in [0.15, 0.2) is 0 Å². The molecule has 0 spiro atoms. The first kappa shape index (κ1) is 11.1. The summed E-state index contributed by atoms with van der Waals surface area (Å²) in [6.07, 6.45) is 1.30. The summed E-state index contributed by atoms with van der Waals surface area (Å²) in [7, 11) is 0. The van der Waals surface area contributed by atoms with E-state index in [1.54, 1.807) is 0 Å². The van der Waals surface area contributed by atoms with Crippen LogP contribution in [0.2, 0.25) is 0 Å². The van der Waals surface area contributed by atoms with E-state index >= 15 is 0 Å². The molecule has 1 aliphatic rings. The van der Waals surface area contributed by atoms with Crippen LogP contribution in [0, 0.1) is 0 Å². The molecule has 0 aliphatic carbocycles. The van der Waals surface area contributed by atoms with Crippen LogP contribution in [0.25, 0.3) is 0 Å². The lowest BCUT2D eigenvalue weighted by molar-refractivity contribution is 0.165. The van der Waals surface area contributed by atoms with Gasteiger partial charge in [-0.25, -0.2) is 0 Å². The molecule has 2 heterocycles. The highest BCUT2D eigenvalue weighted by Crippen LogP contribution is 2.27. The highest BCUT2D eigenvalue weighted by molar-refractivity contribution is 7.10. The Bertz CT molecular complexity index is 278. The third kappa shape index (κ3) is 2.41. The molecule has 2 rings (SSSR count). The minimum atomic E-state index is 0.569. The van der Waals surface area contributed by atoms with E-state index < -0.39 is 0 Å². The minimum Gasteiger partial charge on any atom is -0.315 e. The molecule has 1 aliphatic heterocycles. The topological polar surface area (TPSA) is 15.3 Å². The van der Waals surface area contributed by atoms with Crippen LogP contribution in [-0.2, 0) is 0 Å². The molecule has 3 heteroatoms. The van der Waals surface area contributed by atoms with E-state index in [1.165, 1.54) is 17.8 Å². The smallest absolute Gasteiger partial charge is 0.0416 e. The zero-order valence-electron chi connectivity index (χ0n) is 9.57. The van der Waals surface area contributed by atoms with Crippen molar-refractivity contribution in [2.24, 2.45) is 0 Å². The summed E-state index contributed by atoms with van der Waals surface area (Å²) in [6.45, 7) is 8.07. The molecule has 1 aromatic rings. The highest BCUT2D eigenvalue weighted by atomic mass is 32.1. The Morgan fingerprint density at radius 1 is 1.67 bits per heavy atom. The number of hydrogen-bond acceptors (Lipinski definition) is 3. The van der Waals surface area contributed by atoms with E-state index in [4.69, 9.17) is 0 Å². The van der Waals surface area contributed by atoms with Crippen molar-refractivity contribution in [1.29, 1.82) is 0 Å². The predicted molar refractivity (Wildman–Crippen MR) is 66.4 cm³/mol. The minimum absolute atomic E-state index is 0.569. The molecule has 0 aromatic carbocycles. The molecule has 2 atom stereocenters. The van der Waals surface area contributed by atoms with E-state index in [-0.39, 0.29) is 0 Å². The SMILES string of the molecule is CCN(C1CCNC1)C(C)c1cccs1. The zero-order valence-corrected chi connectivity index (χ0v) is 10.4. The lowest BCUT2D eigenvalue weighted by atomic mass is 10.1. The zero-order chi connectivity index (χ0) is 10.7. The van der Waals surface area contributed by atoms with Gasteiger partial charge in [-0.3, -0.25) is 4.90 Å². The van der Waals surface area contributed by atoms with Gasteiger partial charge in [-0.15, -0.1) is 11.3 Å². The molecule has 0 saturated carbocycles. The second-order valence-corrected chi connectivity index (χ2v) is 5.15. The van der Waals surface area contributed by atoms with E-state index in [1.807, 2.05) is 11.3 Å². The van der Waals surface area contributed by atoms with Crippen molar-refractivity contribution >= 4 is 11.3 Å². The van der Waals surface area contributed by atoms with E-state index in [2.05, 4.69) is 41.6 Å². The molecule has 15 heavy (non-hydrogen) atoms. The molecule has 1 N–H and O–H groups in total. The van der Waals surface area contributed by atoms with Gasteiger partial charge < -0.3 is 5.32 Å². The van der Waals surface area contributed by atoms with Crippen molar-refractivity contribution < 1.29 is 0 Å². The molecule has 1 saturated heterocycles. The normalized spacial score (nSPS) is 23.5. The van der Waals surface area contributed by atoms with Crippen molar-refractivity contribution in [2.45, 2.75) is 32.4 Å². The Hall–Kier alpha value is -0.380.